The first-order valence-electron chi connectivity index (χ1n) is 9.20. The zero-order valence-corrected chi connectivity index (χ0v) is 17.9. The molecule has 0 aromatic heterocycles. The molecule has 0 spiro atoms. The van der Waals surface area contributed by atoms with Gasteiger partial charge in [-0.25, -0.2) is 4.79 Å². The SMILES string of the molecule is CCCCCCCCCCCCCC(=O)C=C([O-])C(=O)OCC.[Na+]. The number of ketones is 1. The molecule has 0 aromatic rings. The van der Waals surface area contributed by atoms with Gasteiger partial charge in [0.25, 0.3) is 0 Å². The number of carbonyl (C=O) groups excluding carboxylic acids is 2. The van der Waals surface area contributed by atoms with Crippen LogP contribution in [0.5, 0.6) is 0 Å². The van der Waals surface area contributed by atoms with E-state index >= 15 is 0 Å². The molecule has 0 unspecified atom stereocenters. The van der Waals surface area contributed by atoms with E-state index in [1.54, 1.807) is 6.92 Å². The molecule has 0 fully saturated rings. The summed E-state index contributed by atoms with van der Waals surface area (Å²) in [6.07, 6.45) is 14.6. The maximum atomic E-state index is 11.5. The summed E-state index contributed by atoms with van der Waals surface area (Å²) in [5.41, 5.74) is 0. The molecular weight excluding hydrogens is 315 g/mol. The zero-order valence-electron chi connectivity index (χ0n) is 15.9. The second-order valence-corrected chi connectivity index (χ2v) is 5.98. The van der Waals surface area contributed by atoms with Gasteiger partial charge >= 0.3 is 35.5 Å². The van der Waals surface area contributed by atoms with Crippen LogP contribution in [0.1, 0.15) is 90.9 Å². The fourth-order valence-corrected chi connectivity index (χ4v) is 2.44. The maximum absolute atomic E-state index is 11.5. The van der Waals surface area contributed by atoms with Gasteiger partial charge in [0.15, 0.2) is 5.78 Å². The van der Waals surface area contributed by atoms with Crippen LogP contribution in [0.25, 0.3) is 0 Å². The zero-order chi connectivity index (χ0) is 17.3. The summed E-state index contributed by atoms with van der Waals surface area (Å²) in [6, 6.07) is 0. The topological polar surface area (TPSA) is 66.4 Å². The molecule has 24 heavy (non-hydrogen) atoms. The number of carbonyl (C=O) groups is 2. The maximum Gasteiger partial charge on any atom is 1.00 e. The van der Waals surface area contributed by atoms with E-state index < -0.39 is 11.7 Å². The van der Waals surface area contributed by atoms with Crippen LogP contribution in [-0.4, -0.2) is 18.4 Å². The van der Waals surface area contributed by atoms with Crippen molar-refractivity contribution < 1.29 is 49.0 Å². The normalized spacial score (nSPS) is 11.0. The van der Waals surface area contributed by atoms with Crippen molar-refractivity contribution in [1.29, 1.82) is 0 Å². The standard InChI is InChI=1S/C19H34O4.Na/c1-3-5-6-7-8-9-10-11-12-13-14-15-17(20)16-18(21)19(22)23-4-2;/h16,21H,3-15H2,1-2H3;/q;+1/p-1. The fraction of sp³-hybridized carbons (Fsp3) is 0.789. The van der Waals surface area contributed by atoms with Gasteiger partial charge in [0.05, 0.1) is 6.61 Å². The molecule has 0 N–H and O–H groups in total. The predicted molar refractivity (Wildman–Crippen MR) is 90.8 cm³/mol. The molecule has 0 aliphatic rings. The van der Waals surface area contributed by atoms with E-state index in [0.29, 0.717) is 6.42 Å². The van der Waals surface area contributed by atoms with Crippen molar-refractivity contribution in [2.24, 2.45) is 0 Å². The monoisotopic (exact) mass is 348 g/mol. The summed E-state index contributed by atoms with van der Waals surface area (Å²) < 4.78 is 4.54. The molecular formula is C19H33NaO4. The number of ether oxygens (including phenoxy) is 1. The van der Waals surface area contributed by atoms with Crippen molar-refractivity contribution in [2.75, 3.05) is 6.61 Å². The molecule has 0 aliphatic heterocycles. The second kappa shape index (κ2) is 19.0. The van der Waals surface area contributed by atoms with Crippen LogP contribution < -0.4 is 34.7 Å². The smallest absolute Gasteiger partial charge is 0.868 e. The number of allylic oxidation sites excluding steroid dienone is 1. The van der Waals surface area contributed by atoms with Gasteiger partial charge in [0, 0.05) is 6.42 Å². The molecule has 0 aromatic carbocycles. The quantitative estimate of drug-likeness (QED) is 0.146. The molecule has 0 bridgehead atoms. The predicted octanol–water partition coefficient (Wildman–Crippen LogP) is 1.07. The third-order valence-corrected chi connectivity index (χ3v) is 3.80. The number of hydrogen-bond acceptors (Lipinski definition) is 4. The summed E-state index contributed by atoms with van der Waals surface area (Å²) in [6.45, 7) is 4.00. The molecule has 5 heteroatoms. The minimum Gasteiger partial charge on any atom is -0.868 e. The Balaban J connectivity index is 0. The Morgan fingerprint density at radius 2 is 1.29 bits per heavy atom. The van der Waals surface area contributed by atoms with Crippen LogP contribution in [-0.2, 0) is 14.3 Å². The minimum absolute atomic E-state index is 0. The first-order valence-corrected chi connectivity index (χ1v) is 9.20. The molecule has 0 rings (SSSR count). The Morgan fingerprint density at radius 3 is 1.75 bits per heavy atom. The van der Waals surface area contributed by atoms with Gasteiger partial charge in [-0.15, -0.1) is 0 Å². The van der Waals surface area contributed by atoms with Crippen molar-refractivity contribution in [2.45, 2.75) is 90.9 Å². The van der Waals surface area contributed by atoms with Gasteiger partial charge in [-0.3, -0.25) is 4.79 Å². The average molecular weight is 348 g/mol. The van der Waals surface area contributed by atoms with Gasteiger partial charge in [-0.05, 0) is 25.2 Å². The van der Waals surface area contributed by atoms with E-state index in [2.05, 4.69) is 11.7 Å². The molecule has 0 aliphatic carbocycles. The Labute approximate surface area is 169 Å². The molecule has 0 radical (unpaired) electrons. The minimum atomic E-state index is -0.945. The van der Waals surface area contributed by atoms with Crippen molar-refractivity contribution >= 4 is 11.8 Å². The molecule has 0 atom stereocenters. The Bertz CT molecular complexity index is 353. The molecule has 4 nitrogen and oxygen atoms in total. The number of esters is 1. The fourth-order valence-electron chi connectivity index (χ4n) is 2.44. The van der Waals surface area contributed by atoms with Gasteiger partial charge < -0.3 is 9.84 Å². The number of rotatable bonds is 15. The van der Waals surface area contributed by atoms with Crippen molar-refractivity contribution in [1.82, 2.24) is 0 Å². The molecule has 0 heterocycles. The van der Waals surface area contributed by atoms with Gasteiger partial charge in [-0.2, -0.15) is 0 Å². The van der Waals surface area contributed by atoms with E-state index in [9.17, 15) is 14.7 Å². The average Bonchev–Trinajstić information content (AvgIpc) is 2.52. The van der Waals surface area contributed by atoms with Crippen LogP contribution in [0.15, 0.2) is 11.8 Å². The van der Waals surface area contributed by atoms with E-state index in [1.165, 1.54) is 51.4 Å². The van der Waals surface area contributed by atoms with Crippen molar-refractivity contribution in [3.05, 3.63) is 11.8 Å². The van der Waals surface area contributed by atoms with Crippen LogP contribution in [0, 0.1) is 0 Å². The van der Waals surface area contributed by atoms with Crippen molar-refractivity contribution in [3.63, 3.8) is 0 Å². The van der Waals surface area contributed by atoms with Crippen LogP contribution in [0.4, 0.5) is 0 Å². The van der Waals surface area contributed by atoms with Gasteiger partial charge in [0.1, 0.15) is 0 Å². The summed E-state index contributed by atoms with van der Waals surface area (Å²) in [5.74, 6) is -2.07. The van der Waals surface area contributed by atoms with E-state index in [4.69, 9.17) is 0 Å². The summed E-state index contributed by atoms with van der Waals surface area (Å²) in [7, 11) is 0. The van der Waals surface area contributed by atoms with Gasteiger partial charge in [-0.1, -0.05) is 71.1 Å². The van der Waals surface area contributed by atoms with Crippen LogP contribution >= 0.6 is 0 Å². The summed E-state index contributed by atoms with van der Waals surface area (Å²) in [5, 5.41) is 11.3. The van der Waals surface area contributed by atoms with E-state index in [-0.39, 0.29) is 41.9 Å². The van der Waals surface area contributed by atoms with Crippen molar-refractivity contribution in [3.8, 4) is 0 Å². The molecule has 134 valence electrons. The van der Waals surface area contributed by atoms with E-state index in [1.807, 2.05) is 0 Å². The third-order valence-electron chi connectivity index (χ3n) is 3.80. The van der Waals surface area contributed by atoms with Gasteiger partial charge in [0.2, 0.25) is 0 Å². The van der Waals surface area contributed by atoms with E-state index in [0.717, 1.165) is 25.3 Å². The molecule has 0 saturated carbocycles. The number of hydrogen-bond donors (Lipinski definition) is 0. The Morgan fingerprint density at radius 1 is 0.833 bits per heavy atom. The number of unbranched alkanes of at least 4 members (excludes halogenated alkanes) is 10. The Kier molecular flexibility index (Phi) is 20.5. The second-order valence-electron chi connectivity index (χ2n) is 5.98. The molecule has 0 amide bonds. The first kappa shape index (κ1) is 25.9. The first-order chi connectivity index (χ1) is 11.1. The molecule has 0 saturated heterocycles. The Hall–Kier alpha value is -0.320. The largest absolute Gasteiger partial charge is 1.00 e. The van der Waals surface area contributed by atoms with Crippen LogP contribution in [0.2, 0.25) is 0 Å². The van der Waals surface area contributed by atoms with Crippen LogP contribution in [0.3, 0.4) is 0 Å². The summed E-state index contributed by atoms with van der Waals surface area (Å²) >= 11 is 0. The third kappa shape index (κ3) is 16.5. The summed E-state index contributed by atoms with van der Waals surface area (Å²) in [4.78, 5) is 22.6.